The zero-order valence-corrected chi connectivity index (χ0v) is 8.39. The van der Waals surface area contributed by atoms with Crippen LogP contribution in [0.1, 0.15) is 0 Å². The van der Waals surface area contributed by atoms with Gasteiger partial charge < -0.3 is 5.32 Å². The number of amides is 1. The van der Waals surface area contributed by atoms with Gasteiger partial charge in [-0.1, -0.05) is 11.6 Å². The van der Waals surface area contributed by atoms with E-state index in [-0.39, 0.29) is 15.9 Å². The maximum Gasteiger partial charge on any atom is 0.240 e. The lowest BCUT2D eigenvalue weighted by atomic mass is 10.4. The van der Waals surface area contributed by atoms with E-state index in [4.69, 9.17) is 11.6 Å². The summed E-state index contributed by atoms with van der Waals surface area (Å²) in [5.74, 6) is -1.13. The number of nitrogens with zero attached hydrogens (tertiary/aromatic N) is 1. The Morgan fingerprint density at radius 2 is 2.14 bits per heavy atom. The molecule has 2 heterocycles. The second-order valence-corrected chi connectivity index (χ2v) is 5.09. The molecule has 1 amide bonds. The van der Waals surface area contributed by atoms with E-state index >= 15 is 0 Å². The maximum atomic E-state index is 11.5. The normalized spacial score (nSPS) is 18.5. The van der Waals surface area contributed by atoms with E-state index in [0.717, 1.165) is 0 Å². The standard InChI is InChI=1S/C7H5ClN2O3S/c8-5-2-1-4-7(10-5)14(12,13)3-6(11)9-4/h1-2H,3H2,(H,9,11). The molecule has 0 saturated carbocycles. The molecular weight excluding hydrogens is 228 g/mol. The molecule has 1 aromatic heterocycles. The fourth-order valence-corrected chi connectivity index (χ4v) is 2.62. The van der Waals surface area contributed by atoms with Crippen LogP contribution in [-0.2, 0) is 14.6 Å². The Bertz CT molecular complexity index is 512. The van der Waals surface area contributed by atoms with Crippen LogP contribution in [0.15, 0.2) is 17.2 Å². The average molecular weight is 233 g/mol. The lowest BCUT2D eigenvalue weighted by molar-refractivity contribution is -0.114. The number of fused-ring (bicyclic) bond motifs is 1. The summed E-state index contributed by atoms with van der Waals surface area (Å²) < 4.78 is 22.9. The number of halogens is 1. The molecule has 1 N–H and O–H groups in total. The van der Waals surface area contributed by atoms with Crippen LogP contribution in [0.3, 0.4) is 0 Å². The number of carbonyl (C=O) groups excluding carboxylic acids is 1. The molecule has 2 rings (SSSR count). The highest BCUT2D eigenvalue weighted by Gasteiger charge is 2.30. The summed E-state index contributed by atoms with van der Waals surface area (Å²) in [6.07, 6.45) is 0. The number of carbonyl (C=O) groups is 1. The number of nitrogens with one attached hydrogen (secondary N) is 1. The van der Waals surface area contributed by atoms with Crippen molar-refractivity contribution in [3.05, 3.63) is 17.3 Å². The first kappa shape index (κ1) is 9.42. The second kappa shape index (κ2) is 2.93. The number of rotatable bonds is 0. The molecule has 0 radical (unpaired) electrons. The molecule has 0 saturated heterocycles. The van der Waals surface area contributed by atoms with Crippen LogP contribution in [0, 0.1) is 0 Å². The molecule has 0 atom stereocenters. The minimum Gasteiger partial charge on any atom is -0.323 e. The molecule has 0 bridgehead atoms. The number of pyridine rings is 1. The Labute approximate surface area is 85.0 Å². The van der Waals surface area contributed by atoms with Crippen LogP contribution in [0.2, 0.25) is 5.15 Å². The Kier molecular flexibility index (Phi) is 1.97. The largest absolute Gasteiger partial charge is 0.323 e. The topological polar surface area (TPSA) is 76.1 Å². The van der Waals surface area contributed by atoms with E-state index in [9.17, 15) is 13.2 Å². The fraction of sp³-hybridized carbons (Fsp3) is 0.143. The minimum absolute atomic E-state index is 0.0865. The third-order valence-electron chi connectivity index (χ3n) is 1.72. The average Bonchev–Trinajstić information content (AvgIpc) is 2.05. The van der Waals surface area contributed by atoms with Crippen molar-refractivity contribution in [3.8, 4) is 0 Å². The fourth-order valence-electron chi connectivity index (χ4n) is 1.18. The van der Waals surface area contributed by atoms with Crippen LogP contribution in [-0.4, -0.2) is 25.1 Å². The monoisotopic (exact) mass is 232 g/mol. The van der Waals surface area contributed by atoms with Crippen molar-refractivity contribution in [2.75, 3.05) is 11.1 Å². The lowest BCUT2D eigenvalue weighted by Crippen LogP contribution is -2.30. The van der Waals surface area contributed by atoms with Gasteiger partial charge >= 0.3 is 0 Å². The zero-order valence-electron chi connectivity index (χ0n) is 6.82. The molecule has 14 heavy (non-hydrogen) atoms. The second-order valence-electron chi connectivity index (χ2n) is 2.79. The molecule has 1 aliphatic heterocycles. The van der Waals surface area contributed by atoms with Gasteiger partial charge in [0.05, 0.1) is 5.69 Å². The van der Waals surface area contributed by atoms with Gasteiger partial charge in [0.25, 0.3) is 0 Å². The van der Waals surface area contributed by atoms with E-state index in [0.29, 0.717) is 0 Å². The van der Waals surface area contributed by atoms with Crippen molar-refractivity contribution in [2.45, 2.75) is 5.03 Å². The Morgan fingerprint density at radius 3 is 2.86 bits per heavy atom. The Balaban J connectivity index is 2.71. The van der Waals surface area contributed by atoms with E-state index in [1.54, 1.807) is 0 Å². The summed E-state index contributed by atoms with van der Waals surface area (Å²) in [7, 11) is -3.62. The molecule has 5 nitrogen and oxygen atoms in total. The van der Waals surface area contributed by atoms with Gasteiger partial charge in [0.2, 0.25) is 15.7 Å². The van der Waals surface area contributed by atoms with Crippen LogP contribution in [0.4, 0.5) is 5.69 Å². The number of hydrogen-bond acceptors (Lipinski definition) is 4. The van der Waals surface area contributed by atoms with Gasteiger partial charge in [-0.2, -0.15) is 0 Å². The highest BCUT2D eigenvalue weighted by molar-refractivity contribution is 7.92. The molecule has 1 aromatic rings. The molecular formula is C7H5ClN2O3S. The smallest absolute Gasteiger partial charge is 0.240 e. The highest BCUT2D eigenvalue weighted by Crippen LogP contribution is 2.25. The van der Waals surface area contributed by atoms with E-state index in [1.165, 1.54) is 12.1 Å². The summed E-state index contributed by atoms with van der Waals surface area (Å²) in [6, 6.07) is 2.83. The number of anilines is 1. The summed E-state index contributed by atoms with van der Waals surface area (Å²) in [5, 5.41) is 2.33. The predicted octanol–water partition coefficient (Wildman–Crippen LogP) is 0.461. The van der Waals surface area contributed by atoms with Crippen LogP contribution in [0.5, 0.6) is 0 Å². The van der Waals surface area contributed by atoms with Crippen molar-refractivity contribution >= 4 is 33.0 Å². The number of hydrogen-bond donors (Lipinski definition) is 1. The zero-order chi connectivity index (χ0) is 10.3. The molecule has 0 fully saturated rings. The summed E-state index contributed by atoms with van der Waals surface area (Å²) in [6.45, 7) is 0. The summed E-state index contributed by atoms with van der Waals surface area (Å²) >= 11 is 5.55. The summed E-state index contributed by atoms with van der Waals surface area (Å²) in [5.41, 5.74) is 0.186. The van der Waals surface area contributed by atoms with Gasteiger partial charge in [0.15, 0.2) is 5.03 Å². The van der Waals surface area contributed by atoms with E-state index in [2.05, 4.69) is 10.3 Å². The summed E-state index contributed by atoms with van der Waals surface area (Å²) in [4.78, 5) is 14.6. The maximum absolute atomic E-state index is 11.5. The molecule has 1 aliphatic rings. The van der Waals surface area contributed by atoms with Crippen LogP contribution >= 0.6 is 11.6 Å². The predicted molar refractivity (Wildman–Crippen MR) is 49.9 cm³/mol. The van der Waals surface area contributed by atoms with Gasteiger partial charge in [-0.3, -0.25) is 4.79 Å². The lowest BCUT2D eigenvalue weighted by Gasteiger charge is -2.15. The SMILES string of the molecule is O=C1CS(=O)(=O)c2nc(Cl)ccc2N1. The first-order valence-electron chi connectivity index (χ1n) is 3.68. The molecule has 0 aliphatic carbocycles. The molecule has 74 valence electrons. The minimum atomic E-state index is -3.62. The van der Waals surface area contributed by atoms with Crippen LogP contribution in [0.25, 0.3) is 0 Å². The molecule has 0 unspecified atom stereocenters. The Hall–Kier alpha value is -1.14. The third-order valence-corrected chi connectivity index (χ3v) is 3.47. The van der Waals surface area contributed by atoms with Crippen molar-refractivity contribution in [1.29, 1.82) is 0 Å². The first-order valence-corrected chi connectivity index (χ1v) is 5.71. The highest BCUT2D eigenvalue weighted by atomic mass is 35.5. The number of sulfone groups is 1. The first-order chi connectivity index (χ1) is 6.49. The van der Waals surface area contributed by atoms with Crippen LogP contribution < -0.4 is 5.32 Å². The van der Waals surface area contributed by atoms with Gasteiger partial charge in [-0.05, 0) is 12.1 Å². The van der Waals surface area contributed by atoms with Crippen molar-refractivity contribution in [2.24, 2.45) is 0 Å². The van der Waals surface area contributed by atoms with Gasteiger partial charge in [-0.25, -0.2) is 13.4 Å². The van der Waals surface area contributed by atoms with E-state index < -0.39 is 21.5 Å². The molecule has 7 heteroatoms. The molecule has 0 spiro atoms. The van der Waals surface area contributed by atoms with Gasteiger partial charge in [0.1, 0.15) is 10.9 Å². The van der Waals surface area contributed by atoms with Gasteiger partial charge in [-0.15, -0.1) is 0 Å². The van der Waals surface area contributed by atoms with Crippen molar-refractivity contribution in [3.63, 3.8) is 0 Å². The molecule has 0 aromatic carbocycles. The third kappa shape index (κ3) is 1.46. The van der Waals surface area contributed by atoms with Crippen molar-refractivity contribution in [1.82, 2.24) is 4.98 Å². The van der Waals surface area contributed by atoms with Crippen molar-refractivity contribution < 1.29 is 13.2 Å². The van der Waals surface area contributed by atoms with Gasteiger partial charge in [0, 0.05) is 0 Å². The number of aromatic nitrogens is 1. The van der Waals surface area contributed by atoms with E-state index in [1.807, 2.05) is 0 Å². The quantitative estimate of drug-likeness (QED) is 0.660. The Morgan fingerprint density at radius 1 is 1.43 bits per heavy atom.